The molecule has 0 aromatic rings. The van der Waals surface area contributed by atoms with E-state index in [2.05, 4.69) is 5.32 Å². The quantitative estimate of drug-likeness (QED) is 0.705. The van der Waals surface area contributed by atoms with Crippen LogP contribution in [-0.4, -0.2) is 49.2 Å². The maximum Gasteiger partial charge on any atom is 0.240 e. The molecular weight excluding hydrogens is 192 g/mol. The van der Waals surface area contributed by atoms with Crippen LogP contribution in [0, 0.1) is 0 Å². The maximum atomic E-state index is 11.9. The van der Waals surface area contributed by atoms with Crippen LogP contribution in [0.15, 0.2) is 0 Å². The average Bonchev–Trinajstić information content (AvgIpc) is 2.58. The van der Waals surface area contributed by atoms with Gasteiger partial charge >= 0.3 is 0 Å². The molecule has 0 bridgehead atoms. The zero-order chi connectivity index (χ0) is 11.3. The number of carbonyl (C=O) groups is 1. The van der Waals surface area contributed by atoms with Gasteiger partial charge in [-0.3, -0.25) is 4.79 Å². The molecule has 1 N–H and O–H groups in total. The predicted octanol–water partition coefficient (Wildman–Crippen LogP) is 0.622. The lowest BCUT2D eigenvalue weighted by molar-refractivity contribution is -0.132. The SMILES string of the molecule is CCNC1CCN(C(C)COCC)C1=O. The summed E-state index contributed by atoms with van der Waals surface area (Å²) in [5.41, 5.74) is 0. The molecule has 0 aromatic carbocycles. The first kappa shape index (κ1) is 12.5. The minimum atomic E-state index is 0.0269. The summed E-state index contributed by atoms with van der Waals surface area (Å²) in [5.74, 6) is 0.226. The summed E-state index contributed by atoms with van der Waals surface area (Å²) in [4.78, 5) is 13.8. The molecule has 0 saturated carbocycles. The third-order valence-corrected chi connectivity index (χ3v) is 2.79. The van der Waals surface area contributed by atoms with Gasteiger partial charge in [0.1, 0.15) is 0 Å². The molecule has 1 saturated heterocycles. The van der Waals surface area contributed by atoms with Crippen LogP contribution in [0.1, 0.15) is 27.2 Å². The smallest absolute Gasteiger partial charge is 0.240 e. The van der Waals surface area contributed by atoms with Crippen molar-refractivity contribution in [1.82, 2.24) is 10.2 Å². The van der Waals surface area contributed by atoms with Gasteiger partial charge in [-0.1, -0.05) is 6.92 Å². The molecule has 2 atom stereocenters. The molecule has 0 aliphatic carbocycles. The molecule has 1 aliphatic rings. The standard InChI is InChI=1S/C11H22N2O2/c1-4-12-10-6-7-13(11(10)14)9(3)8-15-5-2/h9-10,12H,4-8H2,1-3H3. The molecule has 88 valence electrons. The Labute approximate surface area is 92.0 Å². The van der Waals surface area contributed by atoms with E-state index >= 15 is 0 Å². The van der Waals surface area contributed by atoms with Crippen molar-refractivity contribution >= 4 is 5.91 Å². The van der Waals surface area contributed by atoms with E-state index in [1.807, 2.05) is 25.7 Å². The normalized spacial score (nSPS) is 23.5. The summed E-state index contributed by atoms with van der Waals surface area (Å²) in [6.45, 7) is 9.10. The van der Waals surface area contributed by atoms with Crippen LogP contribution in [0.4, 0.5) is 0 Å². The lowest BCUT2D eigenvalue weighted by atomic mass is 10.2. The van der Waals surface area contributed by atoms with Crippen LogP contribution in [0.25, 0.3) is 0 Å². The molecule has 1 heterocycles. The van der Waals surface area contributed by atoms with Crippen molar-refractivity contribution < 1.29 is 9.53 Å². The zero-order valence-electron chi connectivity index (χ0n) is 9.95. The van der Waals surface area contributed by atoms with Crippen molar-refractivity contribution in [3.63, 3.8) is 0 Å². The fourth-order valence-electron chi connectivity index (χ4n) is 1.95. The van der Waals surface area contributed by atoms with Crippen molar-refractivity contribution in [3.05, 3.63) is 0 Å². The number of likely N-dealkylation sites (N-methyl/N-ethyl adjacent to an activating group) is 1. The van der Waals surface area contributed by atoms with Crippen LogP contribution in [0.2, 0.25) is 0 Å². The summed E-state index contributed by atoms with van der Waals surface area (Å²) >= 11 is 0. The van der Waals surface area contributed by atoms with E-state index in [0.29, 0.717) is 13.2 Å². The number of hydrogen-bond acceptors (Lipinski definition) is 3. The molecule has 15 heavy (non-hydrogen) atoms. The van der Waals surface area contributed by atoms with E-state index in [1.54, 1.807) is 0 Å². The number of amides is 1. The highest BCUT2D eigenvalue weighted by atomic mass is 16.5. The van der Waals surface area contributed by atoms with E-state index in [4.69, 9.17) is 4.74 Å². The van der Waals surface area contributed by atoms with Gasteiger partial charge in [-0.2, -0.15) is 0 Å². The molecule has 1 rings (SSSR count). The molecule has 0 aromatic heterocycles. The molecule has 2 unspecified atom stereocenters. The van der Waals surface area contributed by atoms with Crippen molar-refractivity contribution in [2.45, 2.75) is 39.3 Å². The summed E-state index contributed by atoms with van der Waals surface area (Å²) < 4.78 is 5.34. The third kappa shape index (κ3) is 3.18. The van der Waals surface area contributed by atoms with Crippen LogP contribution in [0.5, 0.6) is 0 Å². The second-order valence-corrected chi connectivity index (χ2v) is 3.94. The van der Waals surface area contributed by atoms with Crippen molar-refractivity contribution in [2.24, 2.45) is 0 Å². The molecule has 4 nitrogen and oxygen atoms in total. The number of rotatable bonds is 6. The molecule has 4 heteroatoms. The van der Waals surface area contributed by atoms with E-state index in [0.717, 1.165) is 19.5 Å². The summed E-state index contributed by atoms with van der Waals surface area (Å²) in [6.07, 6.45) is 0.920. The number of ether oxygens (including phenoxy) is 1. The molecular formula is C11H22N2O2. The lowest BCUT2D eigenvalue weighted by Crippen LogP contribution is -2.43. The van der Waals surface area contributed by atoms with Gasteiger partial charge in [0, 0.05) is 13.2 Å². The Morgan fingerprint density at radius 3 is 2.93 bits per heavy atom. The number of nitrogens with one attached hydrogen (secondary N) is 1. The van der Waals surface area contributed by atoms with Crippen LogP contribution in [0.3, 0.4) is 0 Å². The van der Waals surface area contributed by atoms with E-state index < -0.39 is 0 Å². The van der Waals surface area contributed by atoms with E-state index in [1.165, 1.54) is 0 Å². The van der Waals surface area contributed by atoms with Gasteiger partial charge in [0.2, 0.25) is 5.91 Å². The Hall–Kier alpha value is -0.610. The first-order chi connectivity index (χ1) is 7.20. The number of carbonyl (C=O) groups excluding carboxylic acids is 1. The molecule has 1 fully saturated rings. The van der Waals surface area contributed by atoms with Gasteiger partial charge in [0.05, 0.1) is 18.7 Å². The monoisotopic (exact) mass is 214 g/mol. The topological polar surface area (TPSA) is 41.6 Å². The predicted molar refractivity (Wildman–Crippen MR) is 59.7 cm³/mol. The average molecular weight is 214 g/mol. The summed E-state index contributed by atoms with van der Waals surface area (Å²) in [6, 6.07) is 0.222. The number of likely N-dealkylation sites (tertiary alicyclic amines) is 1. The minimum absolute atomic E-state index is 0.0269. The van der Waals surface area contributed by atoms with Crippen LogP contribution < -0.4 is 5.32 Å². The van der Waals surface area contributed by atoms with Crippen molar-refractivity contribution in [2.75, 3.05) is 26.3 Å². The maximum absolute atomic E-state index is 11.9. The van der Waals surface area contributed by atoms with Crippen LogP contribution >= 0.6 is 0 Å². The number of hydrogen-bond donors (Lipinski definition) is 1. The lowest BCUT2D eigenvalue weighted by Gasteiger charge is -2.24. The second kappa shape index (κ2) is 6.08. The Bertz CT molecular complexity index is 209. The van der Waals surface area contributed by atoms with Gasteiger partial charge in [0.25, 0.3) is 0 Å². The van der Waals surface area contributed by atoms with Crippen molar-refractivity contribution in [1.29, 1.82) is 0 Å². The highest BCUT2D eigenvalue weighted by Crippen LogP contribution is 2.14. The van der Waals surface area contributed by atoms with Gasteiger partial charge in [-0.05, 0) is 26.8 Å². The minimum Gasteiger partial charge on any atom is -0.380 e. The van der Waals surface area contributed by atoms with Gasteiger partial charge in [-0.15, -0.1) is 0 Å². The van der Waals surface area contributed by atoms with Crippen molar-refractivity contribution in [3.8, 4) is 0 Å². The molecule has 1 aliphatic heterocycles. The van der Waals surface area contributed by atoms with E-state index in [9.17, 15) is 4.79 Å². The Morgan fingerprint density at radius 2 is 2.33 bits per heavy atom. The van der Waals surface area contributed by atoms with Gasteiger partial charge in [-0.25, -0.2) is 0 Å². The Kier molecular flexibility index (Phi) is 5.05. The molecule has 1 amide bonds. The van der Waals surface area contributed by atoms with Gasteiger partial charge in [0.15, 0.2) is 0 Å². The second-order valence-electron chi connectivity index (χ2n) is 3.94. The highest BCUT2D eigenvalue weighted by Gasteiger charge is 2.33. The molecule has 0 radical (unpaired) electrons. The van der Waals surface area contributed by atoms with Crippen LogP contribution in [-0.2, 0) is 9.53 Å². The number of nitrogens with zero attached hydrogens (tertiary/aromatic N) is 1. The fourth-order valence-corrected chi connectivity index (χ4v) is 1.95. The first-order valence-electron chi connectivity index (χ1n) is 5.82. The zero-order valence-corrected chi connectivity index (χ0v) is 9.95. The first-order valence-corrected chi connectivity index (χ1v) is 5.82. The Balaban J connectivity index is 2.40. The van der Waals surface area contributed by atoms with Gasteiger partial charge < -0.3 is 15.0 Å². The summed E-state index contributed by atoms with van der Waals surface area (Å²) in [7, 11) is 0. The third-order valence-electron chi connectivity index (χ3n) is 2.79. The largest absolute Gasteiger partial charge is 0.380 e. The fraction of sp³-hybridized carbons (Fsp3) is 0.909. The Morgan fingerprint density at radius 1 is 1.60 bits per heavy atom. The highest BCUT2D eigenvalue weighted by molar-refractivity contribution is 5.84. The van der Waals surface area contributed by atoms with E-state index in [-0.39, 0.29) is 18.0 Å². The summed E-state index contributed by atoms with van der Waals surface area (Å²) in [5, 5.41) is 3.20. The molecule has 0 spiro atoms.